The standard InChI is InChI=1S/C7H14O2/c1-7(9)5-3-2-4-6-8/h8-9H,1-6H2. The molecule has 0 aliphatic rings. The molecular formula is C7H14O2. The predicted molar refractivity (Wildman–Crippen MR) is 37.3 cm³/mol. The fourth-order valence-electron chi connectivity index (χ4n) is 0.618. The Balaban J connectivity index is 2.83. The lowest BCUT2D eigenvalue weighted by Gasteiger charge is -1.95. The quantitative estimate of drug-likeness (QED) is 0.438. The lowest BCUT2D eigenvalue weighted by atomic mass is 10.2. The molecule has 9 heavy (non-hydrogen) atoms. The molecule has 0 aliphatic carbocycles. The van der Waals surface area contributed by atoms with Crippen LogP contribution in [0.2, 0.25) is 0 Å². The number of rotatable bonds is 5. The summed E-state index contributed by atoms with van der Waals surface area (Å²) >= 11 is 0. The first kappa shape index (κ1) is 8.50. The summed E-state index contributed by atoms with van der Waals surface area (Å²) in [6.07, 6.45) is 3.39. The van der Waals surface area contributed by atoms with E-state index in [1.807, 2.05) is 0 Å². The minimum Gasteiger partial charge on any atom is -0.513 e. The smallest absolute Gasteiger partial charge is 0.0851 e. The molecule has 0 aromatic heterocycles. The lowest BCUT2D eigenvalue weighted by molar-refractivity contribution is 0.281. The van der Waals surface area contributed by atoms with E-state index >= 15 is 0 Å². The van der Waals surface area contributed by atoms with Crippen LogP contribution in [0.5, 0.6) is 0 Å². The Morgan fingerprint density at radius 2 is 1.89 bits per heavy atom. The Bertz CT molecular complexity index is 79.0. The predicted octanol–water partition coefficient (Wildman–Crippen LogP) is 1.61. The van der Waals surface area contributed by atoms with Gasteiger partial charge in [0.25, 0.3) is 0 Å². The molecule has 0 aromatic rings. The minimum atomic E-state index is 0.243. The maximum absolute atomic E-state index is 8.59. The van der Waals surface area contributed by atoms with Crippen molar-refractivity contribution >= 4 is 0 Å². The molecule has 0 aliphatic heterocycles. The lowest BCUT2D eigenvalue weighted by Crippen LogP contribution is -1.84. The molecule has 0 bridgehead atoms. The van der Waals surface area contributed by atoms with Crippen LogP contribution in [0.3, 0.4) is 0 Å². The molecule has 0 atom stereocenters. The van der Waals surface area contributed by atoms with Gasteiger partial charge in [0, 0.05) is 13.0 Å². The van der Waals surface area contributed by atoms with E-state index < -0.39 is 0 Å². The Morgan fingerprint density at radius 1 is 1.22 bits per heavy atom. The van der Waals surface area contributed by atoms with Gasteiger partial charge in [-0.3, -0.25) is 0 Å². The van der Waals surface area contributed by atoms with E-state index in [1.165, 1.54) is 0 Å². The van der Waals surface area contributed by atoms with Crippen molar-refractivity contribution in [1.29, 1.82) is 0 Å². The van der Waals surface area contributed by atoms with E-state index in [9.17, 15) is 0 Å². The zero-order valence-corrected chi connectivity index (χ0v) is 5.64. The van der Waals surface area contributed by atoms with Crippen LogP contribution in [0.1, 0.15) is 25.7 Å². The molecule has 0 heterocycles. The highest BCUT2D eigenvalue weighted by Crippen LogP contribution is 2.03. The highest BCUT2D eigenvalue weighted by molar-refractivity contribution is 4.77. The summed E-state index contributed by atoms with van der Waals surface area (Å²) in [6, 6.07) is 0. The van der Waals surface area contributed by atoms with Crippen molar-refractivity contribution in [2.24, 2.45) is 0 Å². The van der Waals surface area contributed by atoms with Crippen LogP contribution in [0.4, 0.5) is 0 Å². The van der Waals surface area contributed by atoms with E-state index in [1.54, 1.807) is 0 Å². The fraction of sp³-hybridized carbons (Fsp3) is 0.714. The summed E-state index contributed by atoms with van der Waals surface area (Å²) in [5.74, 6) is 0.243. The van der Waals surface area contributed by atoms with E-state index in [2.05, 4.69) is 6.58 Å². The van der Waals surface area contributed by atoms with Gasteiger partial charge in [-0.05, 0) is 12.8 Å². The topological polar surface area (TPSA) is 40.5 Å². The number of aliphatic hydroxyl groups excluding tert-OH is 2. The van der Waals surface area contributed by atoms with E-state index in [0.717, 1.165) is 19.3 Å². The van der Waals surface area contributed by atoms with Crippen LogP contribution in [0.25, 0.3) is 0 Å². The zero-order valence-electron chi connectivity index (χ0n) is 5.64. The molecule has 2 N–H and O–H groups in total. The largest absolute Gasteiger partial charge is 0.513 e. The average Bonchev–Trinajstić information content (AvgIpc) is 1.80. The van der Waals surface area contributed by atoms with E-state index in [4.69, 9.17) is 10.2 Å². The summed E-state index contributed by atoms with van der Waals surface area (Å²) in [4.78, 5) is 0. The van der Waals surface area contributed by atoms with Gasteiger partial charge in [0.15, 0.2) is 0 Å². The number of aliphatic hydroxyl groups is 2. The van der Waals surface area contributed by atoms with Crippen molar-refractivity contribution in [1.82, 2.24) is 0 Å². The second-order valence-electron chi connectivity index (χ2n) is 2.10. The van der Waals surface area contributed by atoms with Gasteiger partial charge < -0.3 is 10.2 Å². The molecule has 2 nitrogen and oxygen atoms in total. The molecule has 0 radical (unpaired) electrons. The molecule has 54 valence electrons. The Morgan fingerprint density at radius 3 is 2.33 bits per heavy atom. The molecule has 2 heteroatoms. The minimum absolute atomic E-state index is 0.243. The molecule has 0 spiro atoms. The maximum atomic E-state index is 8.59. The van der Waals surface area contributed by atoms with Crippen molar-refractivity contribution in [3.63, 3.8) is 0 Å². The number of allylic oxidation sites excluding steroid dienone is 1. The third-order valence-corrected chi connectivity index (χ3v) is 1.12. The van der Waals surface area contributed by atoms with E-state index in [0.29, 0.717) is 6.42 Å². The van der Waals surface area contributed by atoms with Gasteiger partial charge in [-0.1, -0.05) is 13.0 Å². The molecule has 0 saturated carbocycles. The van der Waals surface area contributed by atoms with E-state index in [-0.39, 0.29) is 12.4 Å². The molecule has 0 saturated heterocycles. The third-order valence-electron chi connectivity index (χ3n) is 1.12. The van der Waals surface area contributed by atoms with Crippen LogP contribution >= 0.6 is 0 Å². The first-order valence-corrected chi connectivity index (χ1v) is 3.25. The van der Waals surface area contributed by atoms with Gasteiger partial charge in [0.2, 0.25) is 0 Å². The van der Waals surface area contributed by atoms with Crippen molar-refractivity contribution < 1.29 is 10.2 Å². The molecule has 0 unspecified atom stereocenters. The van der Waals surface area contributed by atoms with Gasteiger partial charge in [-0.15, -0.1) is 0 Å². The molecule has 0 fully saturated rings. The van der Waals surface area contributed by atoms with Crippen LogP contribution in [0, 0.1) is 0 Å². The van der Waals surface area contributed by atoms with Crippen molar-refractivity contribution in [2.75, 3.05) is 6.61 Å². The van der Waals surface area contributed by atoms with Gasteiger partial charge in [0.1, 0.15) is 0 Å². The second-order valence-corrected chi connectivity index (χ2v) is 2.10. The van der Waals surface area contributed by atoms with Gasteiger partial charge in [0.05, 0.1) is 5.76 Å². The summed E-state index contributed by atoms with van der Waals surface area (Å²) in [7, 11) is 0. The van der Waals surface area contributed by atoms with Crippen LogP contribution in [0.15, 0.2) is 12.3 Å². The summed E-state index contributed by atoms with van der Waals surface area (Å²) in [5.41, 5.74) is 0. The first-order chi connectivity index (χ1) is 4.27. The second kappa shape index (κ2) is 5.63. The van der Waals surface area contributed by atoms with Crippen LogP contribution in [-0.2, 0) is 0 Å². The number of hydrogen-bond donors (Lipinski definition) is 2. The van der Waals surface area contributed by atoms with Gasteiger partial charge in [-0.25, -0.2) is 0 Å². The van der Waals surface area contributed by atoms with Crippen LogP contribution in [-0.4, -0.2) is 16.8 Å². The summed E-state index contributed by atoms with van der Waals surface area (Å²) in [5, 5.41) is 16.9. The van der Waals surface area contributed by atoms with Gasteiger partial charge >= 0.3 is 0 Å². The monoisotopic (exact) mass is 130 g/mol. The Kier molecular flexibility index (Phi) is 5.32. The van der Waals surface area contributed by atoms with Gasteiger partial charge in [-0.2, -0.15) is 0 Å². The molecule has 0 amide bonds. The third kappa shape index (κ3) is 7.50. The summed E-state index contributed by atoms with van der Waals surface area (Å²) in [6.45, 7) is 3.59. The fourth-order valence-corrected chi connectivity index (χ4v) is 0.618. The maximum Gasteiger partial charge on any atom is 0.0851 e. The van der Waals surface area contributed by atoms with Crippen molar-refractivity contribution in [3.05, 3.63) is 12.3 Å². The Labute approximate surface area is 55.8 Å². The molecular weight excluding hydrogens is 116 g/mol. The normalized spacial score (nSPS) is 9.44. The SMILES string of the molecule is C=C(O)CCCCCO. The molecule has 0 aromatic carbocycles. The number of hydrogen-bond acceptors (Lipinski definition) is 2. The number of unbranched alkanes of at least 4 members (excludes halogenated alkanes) is 2. The Hall–Kier alpha value is -0.500. The highest BCUT2D eigenvalue weighted by Gasteiger charge is 1.89. The molecule has 0 rings (SSSR count). The van der Waals surface area contributed by atoms with Crippen molar-refractivity contribution in [2.45, 2.75) is 25.7 Å². The summed E-state index contributed by atoms with van der Waals surface area (Å²) < 4.78 is 0. The average molecular weight is 130 g/mol. The van der Waals surface area contributed by atoms with Crippen molar-refractivity contribution in [3.8, 4) is 0 Å². The highest BCUT2D eigenvalue weighted by atomic mass is 16.3. The zero-order chi connectivity index (χ0) is 7.11. The van der Waals surface area contributed by atoms with Crippen LogP contribution < -0.4 is 0 Å². The first-order valence-electron chi connectivity index (χ1n) is 3.25.